The Kier molecular flexibility index (Phi) is 13.7. The molecule has 0 spiro atoms. The topological polar surface area (TPSA) is 94.3 Å². The van der Waals surface area contributed by atoms with Gasteiger partial charge in [-0.25, -0.2) is 6.57 Å². The zero-order valence-corrected chi connectivity index (χ0v) is 15.3. The van der Waals surface area contributed by atoms with E-state index in [2.05, 4.69) is 14.3 Å². The van der Waals surface area contributed by atoms with Crippen LogP contribution in [0.25, 0.3) is 4.85 Å². The third-order valence-corrected chi connectivity index (χ3v) is 3.58. The summed E-state index contributed by atoms with van der Waals surface area (Å²) in [5.41, 5.74) is 0. The van der Waals surface area contributed by atoms with Gasteiger partial charge in [0.05, 0.1) is 32.5 Å². The second-order valence-electron chi connectivity index (χ2n) is 6.00. The molecule has 3 atom stereocenters. The number of hydrogen-bond acceptors (Lipinski definition) is 6. The molecule has 0 bridgehead atoms. The van der Waals surface area contributed by atoms with Crippen LogP contribution >= 0.6 is 0 Å². The molecule has 0 aromatic rings. The maximum Gasteiger partial charge on any atom is 0.326 e. The first-order valence-electron chi connectivity index (χ1n) is 7.80. The Morgan fingerprint density at radius 2 is 1.46 bits per heavy atom. The Hall–Kier alpha value is -1.94. The van der Waals surface area contributed by atoms with Crippen molar-refractivity contribution in [1.82, 2.24) is 0 Å². The van der Waals surface area contributed by atoms with Crippen LogP contribution in [0.4, 0.5) is 0 Å². The monoisotopic (exact) mass is 343 g/mol. The Morgan fingerprint density at radius 1 is 1.04 bits per heavy atom. The molecule has 138 valence electrons. The second kappa shape index (κ2) is 13.5. The number of ether oxygens (including phenoxy) is 2. The van der Waals surface area contributed by atoms with Crippen LogP contribution in [0.3, 0.4) is 0 Å². The molecule has 0 aromatic carbocycles. The van der Waals surface area contributed by atoms with Crippen molar-refractivity contribution in [2.24, 2.45) is 23.7 Å². The van der Waals surface area contributed by atoms with Crippen molar-refractivity contribution in [2.75, 3.05) is 14.2 Å². The number of carbonyl (C=O) groups is 3. The van der Waals surface area contributed by atoms with E-state index >= 15 is 0 Å². The third-order valence-electron chi connectivity index (χ3n) is 3.58. The van der Waals surface area contributed by atoms with Gasteiger partial charge < -0.3 is 19.4 Å². The number of nitrogens with zero attached hydrogens (tertiary/aromatic N) is 1. The fraction of sp³-hybridized carbons (Fsp3) is 0.765. The maximum absolute atomic E-state index is 11.2. The molecule has 0 fully saturated rings. The van der Waals surface area contributed by atoms with Gasteiger partial charge in [-0.05, 0) is 11.8 Å². The number of esters is 2. The molecule has 0 aromatic heterocycles. The van der Waals surface area contributed by atoms with Gasteiger partial charge in [-0.15, -0.1) is 0 Å². The highest BCUT2D eigenvalue weighted by atomic mass is 16.5. The molecule has 24 heavy (non-hydrogen) atoms. The molecule has 7 nitrogen and oxygen atoms in total. The number of carbonyl (C=O) groups excluding carboxylic acids is 3. The van der Waals surface area contributed by atoms with Crippen LogP contribution in [-0.4, -0.2) is 43.8 Å². The molecule has 7 heteroatoms. The zero-order chi connectivity index (χ0) is 19.3. The molecule has 0 rings (SSSR count). The molecule has 0 aliphatic heterocycles. The quantitative estimate of drug-likeness (QED) is 0.412. The number of rotatable bonds is 8. The van der Waals surface area contributed by atoms with Gasteiger partial charge in [0.25, 0.3) is 0 Å². The van der Waals surface area contributed by atoms with Crippen molar-refractivity contribution >= 4 is 18.2 Å². The van der Waals surface area contributed by atoms with Gasteiger partial charge >= 0.3 is 18.2 Å². The first kappa shape index (κ1) is 24.3. The van der Waals surface area contributed by atoms with Gasteiger partial charge in [0.1, 0.15) is 6.29 Å². The fourth-order valence-electron chi connectivity index (χ4n) is 1.97. The average molecular weight is 343 g/mol. The number of aliphatic hydroxyl groups excluding tert-OH is 1. The maximum atomic E-state index is 11.2. The highest BCUT2D eigenvalue weighted by Gasteiger charge is 2.28. The van der Waals surface area contributed by atoms with E-state index in [1.165, 1.54) is 14.2 Å². The van der Waals surface area contributed by atoms with E-state index in [1.54, 1.807) is 0 Å². The summed E-state index contributed by atoms with van der Waals surface area (Å²) in [6, 6.07) is 0. The van der Waals surface area contributed by atoms with Crippen LogP contribution in [0.1, 0.15) is 40.5 Å². The van der Waals surface area contributed by atoms with Crippen molar-refractivity contribution in [2.45, 2.75) is 46.8 Å². The predicted octanol–water partition coefficient (Wildman–Crippen LogP) is 2.08. The molecule has 1 N–H and O–H groups in total. The van der Waals surface area contributed by atoms with Gasteiger partial charge in [-0.3, -0.25) is 14.4 Å². The lowest BCUT2D eigenvalue weighted by atomic mass is 9.92. The molecule has 0 unspecified atom stereocenters. The highest BCUT2D eigenvalue weighted by molar-refractivity contribution is 5.75. The predicted molar refractivity (Wildman–Crippen MR) is 88.6 cm³/mol. The Labute approximate surface area is 144 Å². The lowest BCUT2D eigenvalue weighted by Gasteiger charge is -2.16. The van der Waals surface area contributed by atoms with Crippen LogP contribution in [0.15, 0.2) is 0 Å². The van der Waals surface area contributed by atoms with E-state index in [4.69, 9.17) is 11.7 Å². The van der Waals surface area contributed by atoms with Crippen molar-refractivity contribution in [1.29, 1.82) is 0 Å². The van der Waals surface area contributed by atoms with Gasteiger partial charge in [-0.2, -0.15) is 0 Å². The summed E-state index contributed by atoms with van der Waals surface area (Å²) in [5.74, 6) is -1.10. The summed E-state index contributed by atoms with van der Waals surface area (Å²) in [6.07, 6.45) is 0.0475. The van der Waals surface area contributed by atoms with Crippen molar-refractivity contribution in [3.63, 3.8) is 0 Å². The second-order valence-corrected chi connectivity index (χ2v) is 6.00. The van der Waals surface area contributed by atoms with Crippen LogP contribution < -0.4 is 0 Å². The van der Waals surface area contributed by atoms with Crippen molar-refractivity contribution in [3.8, 4) is 0 Å². The van der Waals surface area contributed by atoms with E-state index in [-0.39, 0.29) is 42.5 Å². The van der Waals surface area contributed by atoms with E-state index < -0.39 is 12.1 Å². The molecule has 0 radical (unpaired) electrons. The Bertz CT molecular complexity index is 427. The number of aldehydes is 1. The minimum Gasteiger partial charge on any atom is -0.469 e. The standard InChI is InChI=1S/C9H15NO3.C8H14O3/c1-6(2)7(9(12)13-4)5-8(11)10-3;1-6(2)7(4-5-9)8(10)11-3/h6-8,11H,5H2,1-2,4H3;5-7H,4H2,1-3H3/t7-,8-;7-/m00/s1. The molecule has 0 aliphatic carbocycles. The van der Waals surface area contributed by atoms with Gasteiger partial charge in [0.15, 0.2) is 0 Å². The SMILES string of the molecule is COC(=O)[C@@H](CC=O)C(C)C.[C-]#[N+][C@@H](O)C[C@H](C(=O)OC)C(C)C. The van der Waals surface area contributed by atoms with E-state index in [1.807, 2.05) is 27.7 Å². The summed E-state index contributed by atoms with van der Waals surface area (Å²) < 4.78 is 9.09. The van der Waals surface area contributed by atoms with E-state index in [0.717, 1.165) is 6.29 Å². The molecule has 0 aliphatic rings. The minimum atomic E-state index is -1.11. The number of aliphatic hydroxyl groups is 1. The van der Waals surface area contributed by atoms with E-state index in [0.29, 0.717) is 0 Å². The average Bonchev–Trinajstić information content (AvgIpc) is 2.55. The van der Waals surface area contributed by atoms with E-state index in [9.17, 15) is 14.4 Å². The largest absolute Gasteiger partial charge is 0.469 e. The Morgan fingerprint density at radius 3 is 1.75 bits per heavy atom. The molecular formula is C17H29NO6. The molecule has 0 saturated carbocycles. The number of methoxy groups -OCH3 is 2. The lowest BCUT2D eigenvalue weighted by Crippen LogP contribution is -2.25. The zero-order valence-electron chi connectivity index (χ0n) is 15.3. The summed E-state index contributed by atoms with van der Waals surface area (Å²) in [4.78, 5) is 35.2. The Balaban J connectivity index is 0. The molecular weight excluding hydrogens is 314 g/mol. The van der Waals surface area contributed by atoms with Crippen LogP contribution in [0, 0.1) is 30.2 Å². The van der Waals surface area contributed by atoms with Gasteiger partial charge in [-0.1, -0.05) is 27.7 Å². The first-order valence-corrected chi connectivity index (χ1v) is 7.80. The number of hydrogen-bond donors (Lipinski definition) is 1. The summed E-state index contributed by atoms with van der Waals surface area (Å²) in [5, 5.41) is 9.06. The van der Waals surface area contributed by atoms with Crippen LogP contribution in [0.2, 0.25) is 0 Å². The highest BCUT2D eigenvalue weighted by Crippen LogP contribution is 2.19. The molecule has 0 amide bonds. The lowest BCUT2D eigenvalue weighted by molar-refractivity contribution is -0.148. The minimum absolute atomic E-state index is 0.0730. The fourth-order valence-corrected chi connectivity index (χ4v) is 1.97. The summed E-state index contributed by atoms with van der Waals surface area (Å²) >= 11 is 0. The third kappa shape index (κ3) is 9.95. The van der Waals surface area contributed by atoms with Crippen LogP contribution in [0.5, 0.6) is 0 Å². The van der Waals surface area contributed by atoms with Gasteiger partial charge in [0, 0.05) is 6.42 Å². The summed E-state index contributed by atoms with van der Waals surface area (Å²) in [6.45, 7) is 14.1. The van der Waals surface area contributed by atoms with Gasteiger partial charge in [0.2, 0.25) is 0 Å². The smallest absolute Gasteiger partial charge is 0.326 e. The summed E-state index contributed by atoms with van der Waals surface area (Å²) in [7, 11) is 2.64. The van der Waals surface area contributed by atoms with Crippen molar-refractivity contribution in [3.05, 3.63) is 11.4 Å². The van der Waals surface area contributed by atoms with Crippen molar-refractivity contribution < 1.29 is 29.0 Å². The first-order chi connectivity index (χ1) is 11.2. The molecule has 0 saturated heterocycles. The normalized spacial score (nSPS) is 13.8. The molecule has 0 heterocycles. The van der Waals surface area contributed by atoms with Crippen LogP contribution in [-0.2, 0) is 23.9 Å².